The van der Waals surface area contributed by atoms with Gasteiger partial charge >= 0.3 is 0 Å². The SMILES string of the molecule is [c]1nccnc1N(c1ccccc1)c1ccccc1. The minimum atomic E-state index is 0.680. The van der Waals surface area contributed by atoms with Crippen LogP contribution in [0.3, 0.4) is 0 Å². The first-order valence-corrected chi connectivity index (χ1v) is 6.04. The molecule has 2 aromatic carbocycles. The highest BCUT2D eigenvalue weighted by atomic mass is 15.2. The molecular formula is C16H12N3. The maximum absolute atomic E-state index is 4.34. The van der Waals surface area contributed by atoms with E-state index in [2.05, 4.69) is 16.2 Å². The zero-order valence-corrected chi connectivity index (χ0v) is 10.3. The van der Waals surface area contributed by atoms with Gasteiger partial charge in [0.25, 0.3) is 0 Å². The van der Waals surface area contributed by atoms with Gasteiger partial charge in [-0.1, -0.05) is 36.4 Å². The van der Waals surface area contributed by atoms with E-state index in [0.717, 1.165) is 11.4 Å². The molecule has 0 spiro atoms. The maximum Gasteiger partial charge on any atom is 0.166 e. The summed E-state index contributed by atoms with van der Waals surface area (Å²) in [5.41, 5.74) is 2.07. The molecule has 1 radical (unpaired) electrons. The van der Waals surface area contributed by atoms with Gasteiger partial charge in [0.2, 0.25) is 0 Å². The van der Waals surface area contributed by atoms with Crippen molar-refractivity contribution < 1.29 is 0 Å². The Morgan fingerprint density at radius 3 is 1.79 bits per heavy atom. The standard InChI is InChI=1S/C16H12N3/c1-3-7-14(8-4-1)19(15-9-5-2-6-10-15)16-13-17-11-12-18-16/h1-12H. The molecule has 91 valence electrons. The van der Waals surface area contributed by atoms with Crippen LogP contribution in [-0.2, 0) is 0 Å². The highest BCUT2D eigenvalue weighted by Gasteiger charge is 2.12. The van der Waals surface area contributed by atoms with E-state index in [1.807, 2.05) is 65.6 Å². The van der Waals surface area contributed by atoms with Crippen molar-refractivity contribution in [2.24, 2.45) is 0 Å². The average Bonchev–Trinajstić information content (AvgIpc) is 2.51. The van der Waals surface area contributed by atoms with Gasteiger partial charge in [-0.2, -0.15) is 0 Å². The Bertz CT molecular complexity index is 530. The zero-order chi connectivity index (χ0) is 12.9. The van der Waals surface area contributed by atoms with Gasteiger partial charge in [0.1, 0.15) is 6.20 Å². The van der Waals surface area contributed by atoms with Crippen molar-refractivity contribution in [3.05, 3.63) is 79.3 Å². The van der Waals surface area contributed by atoms with Crippen molar-refractivity contribution in [1.29, 1.82) is 0 Å². The molecule has 0 aliphatic carbocycles. The normalized spacial score (nSPS) is 10.1. The van der Waals surface area contributed by atoms with Gasteiger partial charge in [0, 0.05) is 23.8 Å². The lowest BCUT2D eigenvalue weighted by Crippen LogP contribution is -2.11. The number of nitrogens with zero attached hydrogens (tertiary/aromatic N) is 3. The Labute approximate surface area is 112 Å². The van der Waals surface area contributed by atoms with Crippen molar-refractivity contribution in [2.45, 2.75) is 0 Å². The van der Waals surface area contributed by atoms with E-state index in [-0.39, 0.29) is 0 Å². The second kappa shape index (κ2) is 5.31. The molecule has 0 saturated carbocycles. The number of anilines is 3. The number of hydrogen-bond acceptors (Lipinski definition) is 3. The molecular weight excluding hydrogens is 234 g/mol. The fourth-order valence-electron chi connectivity index (χ4n) is 1.92. The molecule has 3 heteroatoms. The maximum atomic E-state index is 4.34. The molecule has 0 aliphatic heterocycles. The summed E-state index contributed by atoms with van der Waals surface area (Å²) in [5, 5.41) is 0. The Morgan fingerprint density at radius 2 is 1.32 bits per heavy atom. The third-order valence-corrected chi connectivity index (χ3v) is 2.74. The third kappa shape index (κ3) is 2.45. The predicted octanol–water partition coefficient (Wildman–Crippen LogP) is 3.75. The van der Waals surface area contributed by atoms with Gasteiger partial charge in [-0.25, -0.2) is 9.97 Å². The summed E-state index contributed by atoms with van der Waals surface area (Å²) in [4.78, 5) is 10.4. The molecule has 1 heterocycles. The predicted molar refractivity (Wildman–Crippen MR) is 75.6 cm³/mol. The molecule has 19 heavy (non-hydrogen) atoms. The summed E-state index contributed by atoms with van der Waals surface area (Å²) in [6.45, 7) is 0. The summed E-state index contributed by atoms with van der Waals surface area (Å²) >= 11 is 0. The van der Waals surface area contributed by atoms with E-state index in [4.69, 9.17) is 0 Å². The highest BCUT2D eigenvalue weighted by Crippen LogP contribution is 2.31. The van der Waals surface area contributed by atoms with E-state index in [1.54, 1.807) is 12.4 Å². The molecule has 0 atom stereocenters. The summed E-state index contributed by atoms with van der Waals surface area (Å²) in [6, 6.07) is 20.1. The molecule has 0 amide bonds. The lowest BCUT2D eigenvalue weighted by molar-refractivity contribution is 1.12. The van der Waals surface area contributed by atoms with Crippen LogP contribution in [0, 0.1) is 6.20 Å². The van der Waals surface area contributed by atoms with Crippen LogP contribution in [0.5, 0.6) is 0 Å². The smallest absolute Gasteiger partial charge is 0.166 e. The number of hydrogen-bond donors (Lipinski definition) is 0. The topological polar surface area (TPSA) is 29.0 Å². The van der Waals surface area contributed by atoms with E-state index < -0.39 is 0 Å². The molecule has 3 nitrogen and oxygen atoms in total. The third-order valence-electron chi connectivity index (χ3n) is 2.74. The van der Waals surface area contributed by atoms with Crippen molar-refractivity contribution in [3.8, 4) is 0 Å². The summed E-state index contributed by atoms with van der Waals surface area (Å²) in [7, 11) is 0. The Balaban J connectivity index is 2.12. The Hall–Kier alpha value is -2.68. The van der Waals surface area contributed by atoms with Gasteiger partial charge < -0.3 is 0 Å². The first kappa shape index (κ1) is 11.4. The first-order chi connectivity index (χ1) is 9.45. The minimum absolute atomic E-state index is 0.680. The van der Waals surface area contributed by atoms with Crippen LogP contribution in [0.1, 0.15) is 0 Å². The fourth-order valence-corrected chi connectivity index (χ4v) is 1.92. The molecule has 3 rings (SSSR count). The molecule has 3 aromatic rings. The number of para-hydroxylation sites is 2. The average molecular weight is 246 g/mol. The molecule has 0 N–H and O–H groups in total. The fraction of sp³-hybridized carbons (Fsp3) is 0. The molecule has 0 saturated heterocycles. The van der Waals surface area contributed by atoms with Crippen LogP contribution in [-0.4, -0.2) is 9.97 Å². The highest BCUT2D eigenvalue weighted by molar-refractivity contribution is 5.73. The monoisotopic (exact) mass is 246 g/mol. The Kier molecular flexibility index (Phi) is 3.19. The van der Waals surface area contributed by atoms with Crippen LogP contribution >= 0.6 is 0 Å². The molecule has 0 unspecified atom stereocenters. The van der Waals surface area contributed by atoms with Crippen LogP contribution in [0.2, 0.25) is 0 Å². The van der Waals surface area contributed by atoms with E-state index >= 15 is 0 Å². The number of rotatable bonds is 3. The summed E-state index contributed by atoms with van der Waals surface area (Å²) in [6.07, 6.45) is 6.22. The van der Waals surface area contributed by atoms with Gasteiger partial charge in [0.15, 0.2) is 5.82 Å². The van der Waals surface area contributed by atoms with Crippen molar-refractivity contribution >= 4 is 17.2 Å². The lowest BCUT2D eigenvalue weighted by Gasteiger charge is -2.23. The number of benzene rings is 2. The molecule has 1 aromatic heterocycles. The molecule has 0 fully saturated rings. The van der Waals surface area contributed by atoms with Crippen molar-refractivity contribution in [2.75, 3.05) is 4.90 Å². The van der Waals surface area contributed by atoms with E-state index in [1.165, 1.54) is 0 Å². The van der Waals surface area contributed by atoms with Gasteiger partial charge in [-0.3, -0.25) is 4.90 Å². The molecule has 0 bridgehead atoms. The van der Waals surface area contributed by atoms with Crippen LogP contribution in [0.4, 0.5) is 17.2 Å². The second-order valence-corrected chi connectivity index (χ2v) is 4.00. The minimum Gasteiger partial charge on any atom is -0.293 e. The lowest BCUT2D eigenvalue weighted by atomic mass is 10.2. The largest absolute Gasteiger partial charge is 0.293 e. The summed E-state index contributed by atoms with van der Waals surface area (Å²) < 4.78 is 0. The van der Waals surface area contributed by atoms with E-state index in [0.29, 0.717) is 5.82 Å². The van der Waals surface area contributed by atoms with Crippen molar-refractivity contribution in [1.82, 2.24) is 9.97 Å². The summed E-state index contributed by atoms with van der Waals surface area (Å²) in [5.74, 6) is 0.680. The van der Waals surface area contributed by atoms with E-state index in [9.17, 15) is 0 Å². The van der Waals surface area contributed by atoms with Crippen LogP contribution < -0.4 is 4.90 Å². The molecule has 0 aliphatic rings. The van der Waals surface area contributed by atoms with Crippen molar-refractivity contribution in [3.63, 3.8) is 0 Å². The zero-order valence-electron chi connectivity index (χ0n) is 10.3. The van der Waals surface area contributed by atoms with Crippen LogP contribution in [0.15, 0.2) is 73.1 Å². The van der Waals surface area contributed by atoms with Gasteiger partial charge in [0.05, 0.1) is 0 Å². The van der Waals surface area contributed by atoms with Crippen LogP contribution in [0.25, 0.3) is 0 Å². The van der Waals surface area contributed by atoms with Gasteiger partial charge in [-0.15, -0.1) is 0 Å². The number of aromatic nitrogens is 2. The second-order valence-electron chi connectivity index (χ2n) is 4.00. The Morgan fingerprint density at radius 1 is 0.737 bits per heavy atom. The first-order valence-electron chi connectivity index (χ1n) is 6.04. The van der Waals surface area contributed by atoms with Gasteiger partial charge in [-0.05, 0) is 24.3 Å². The quantitative estimate of drug-likeness (QED) is 0.704.